The van der Waals surface area contributed by atoms with Crippen molar-refractivity contribution in [1.29, 1.82) is 0 Å². The Bertz CT molecular complexity index is 496. The Morgan fingerprint density at radius 1 is 1.38 bits per heavy atom. The molecule has 1 N–H and O–H groups in total. The van der Waals surface area contributed by atoms with Gasteiger partial charge in [0, 0.05) is 6.54 Å². The molecular weight excluding hydrogens is 249 g/mol. The van der Waals surface area contributed by atoms with Crippen molar-refractivity contribution in [3.05, 3.63) is 28.6 Å². The Kier molecular flexibility index (Phi) is 3.26. The van der Waals surface area contributed by atoms with Gasteiger partial charge in [0.2, 0.25) is 5.95 Å². The molecule has 0 aliphatic rings. The average Bonchev–Trinajstić information content (AvgIpc) is 2.68. The first-order valence-corrected chi connectivity index (χ1v) is 5.43. The van der Waals surface area contributed by atoms with Crippen molar-refractivity contribution >= 4 is 29.2 Å². The van der Waals surface area contributed by atoms with Crippen LogP contribution < -0.4 is 5.32 Å². The third-order valence-electron chi connectivity index (χ3n) is 1.83. The summed E-state index contributed by atoms with van der Waals surface area (Å²) in [5, 5.41) is 7.97. The first-order chi connectivity index (χ1) is 7.70. The molecule has 0 aromatic carbocycles. The van der Waals surface area contributed by atoms with Crippen LogP contribution in [-0.2, 0) is 0 Å². The molecule has 0 bridgehead atoms. The second-order valence-corrected chi connectivity index (χ2v) is 3.84. The quantitative estimate of drug-likeness (QED) is 0.918. The van der Waals surface area contributed by atoms with Crippen LogP contribution in [0.15, 0.2) is 18.6 Å². The minimum absolute atomic E-state index is 0.418. The second kappa shape index (κ2) is 4.67. The molecule has 5 nitrogen and oxygen atoms in total. The van der Waals surface area contributed by atoms with E-state index in [-0.39, 0.29) is 0 Å². The summed E-state index contributed by atoms with van der Waals surface area (Å²) in [5.74, 6) is 1.01. The lowest BCUT2D eigenvalue weighted by atomic mass is 10.5. The largest absolute Gasteiger partial charge is 0.354 e. The summed E-state index contributed by atoms with van der Waals surface area (Å²) in [6, 6.07) is 0. The van der Waals surface area contributed by atoms with Crippen molar-refractivity contribution in [2.45, 2.75) is 6.92 Å². The highest BCUT2D eigenvalue weighted by molar-refractivity contribution is 6.32. The number of rotatable bonds is 3. The van der Waals surface area contributed by atoms with Crippen molar-refractivity contribution in [2.24, 2.45) is 0 Å². The Hall–Kier alpha value is -1.33. The van der Waals surface area contributed by atoms with Crippen LogP contribution in [0.5, 0.6) is 0 Å². The van der Waals surface area contributed by atoms with Crippen LogP contribution in [0, 0.1) is 0 Å². The molecule has 2 aromatic rings. The molecule has 2 heterocycles. The summed E-state index contributed by atoms with van der Waals surface area (Å²) in [7, 11) is 0. The van der Waals surface area contributed by atoms with E-state index in [0.29, 0.717) is 21.8 Å². The van der Waals surface area contributed by atoms with Gasteiger partial charge in [0.05, 0.1) is 23.6 Å². The number of hydrogen-bond donors (Lipinski definition) is 1. The molecule has 0 aliphatic heterocycles. The van der Waals surface area contributed by atoms with E-state index in [0.717, 1.165) is 6.54 Å². The predicted octanol–water partition coefficient (Wildman–Crippen LogP) is 2.40. The van der Waals surface area contributed by atoms with E-state index in [4.69, 9.17) is 23.2 Å². The number of anilines is 1. The molecule has 0 amide bonds. The van der Waals surface area contributed by atoms with E-state index in [1.165, 1.54) is 17.1 Å². The van der Waals surface area contributed by atoms with E-state index in [1.807, 2.05) is 6.92 Å². The Morgan fingerprint density at radius 3 is 2.81 bits per heavy atom. The van der Waals surface area contributed by atoms with Gasteiger partial charge in [-0.25, -0.2) is 9.67 Å². The first-order valence-electron chi connectivity index (χ1n) is 4.67. The third kappa shape index (κ3) is 2.25. The molecule has 0 radical (unpaired) electrons. The van der Waals surface area contributed by atoms with Crippen LogP contribution in [-0.4, -0.2) is 26.3 Å². The molecule has 0 fully saturated rings. The average molecular weight is 258 g/mol. The molecule has 0 atom stereocenters. The van der Waals surface area contributed by atoms with Crippen LogP contribution in [0.2, 0.25) is 10.0 Å². The molecule has 84 valence electrons. The Labute approximate surface area is 102 Å². The topological polar surface area (TPSA) is 55.6 Å². The summed E-state index contributed by atoms with van der Waals surface area (Å²) < 4.78 is 1.51. The summed E-state index contributed by atoms with van der Waals surface area (Å²) >= 11 is 11.8. The molecular formula is C9H9Cl2N5. The molecule has 7 heteroatoms. The highest BCUT2D eigenvalue weighted by Gasteiger charge is 2.08. The second-order valence-electron chi connectivity index (χ2n) is 3.00. The maximum Gasteiger partial charge on any atom is 0.224 e. The number of hydrogen-bond acceptors (Lipinski definition) is 4. The van der Waals surface area contributed by atoms with Crippen molar-refractivity contribution in [1.82, 2.24) is 19.7 Å². The maximum atomic E-state index is 5.98. The van der Waals surface area contributed by atoms with Gasteiger partial charge < -0.3 is 5.32 Å². The lowest BCUT2D eigenvalue weighted by molar-refractivity contribution is 0.840. The molecule has 0 saturated heterocycles. The normalized spacial score (nSPS) is 10.4. The predicted molar refractivity (Wildman–Crippen MR) is 63.3 cm³/mol. The van der Waals surface area contributed by atoms with Crippen LogP contribution in [0.1, 0.15) is 6.92 Å². The standard InChI is InChI=1S/C9H9Cl2N5/c1-2-12-9-13-4-7(11)8(15-9)16-5-6(10)3-14-16/h3-5H,2H2,1H3,(H,12,13,15). The van der Waals surface area contributed by atoms with Crippen molar-refractivity contribution in [3.63, 3.8) is 0 Å². The first kappa shape index (κ1) is 11.2. The Balaban J connectivity index is 2.42. The van der Waals surface area contributed by atoms with Crippen LogP contribution in [0.3, 0.4) is 0 Å². The highest BCUT2D eigenvalue weighted by atomic mass is 35.5. The third-order valence-corrected chi connectivity index (χ3v) is 2.29. The molecule has 0 spiro atoms. The maximum absolute atomic E-state index is 5.98. The molecule has 2 aromatic heterocycles. The number of nitrogens with one attached hydrogen (secondary N) is 1. The summed E-state index contributed by atoms with van der Waals surface area (Å²) in [6.07, 6.45) is 4.68. The molecule has 0 aliphatic carbocycles. The van der Waals surface area contributed by atoms with Gasteiger partial charge in [0.25, 0.3) is 0 Å². The minimum atomic E-state index is 0.418. The lowest BCUT2D eigenvalue weighted by Gasteiger charge is -2.05. The van der Waals surface area contributed by atoms with Crippen molar-refractivity contribution in [2.75, 3.05) is 11.9 Å². The van der Waals surface area contributed by atoms with Gasteiger partial charge in [0.15, 0.2) is 5.82 Å². The smallest absolute Gasteiger partial charge is 0.224 e. The Morgan fingerprint density at radius 2 is 2.19 bits per heavy atom. The van der Waals surface area contributed by atoms with Crippen LogP contribution >= 0.6 is 23.2 Å². The van der Waals surface area contributed by atoms with Gasteiger partial charge in [-0.2, -0.15) is 10.1 Å². The summed E-state index contributed by atoms with van der Waals surface area (Å²) in [6.45, 7) is 2.70. The van der Waals surface area contributed by atoms with Gasteiger partial charge >= 0.3 is 0 Å². The zero-order valence-corrected chi connectivity index (χ0v) is 10.00. The summed E-state index contributed by atoms with van der Waals surface area (Å²) in [4.78, 5) is 8.27. The lowest BCUT2D eigenvalue weighted by Crippen LogP contribution is -2.06. The fourth-order valence-corrected chi connectivity index (χ4v) is 1.49. The summed E-state index contributed by atoms with van der Waals surface area (Å²) in [5.41, 5.74) is 0. The van der Waals surface area contributed by atoms with Gasteiger partial charge in [-0.1, -0.05) is 23.2 Å². The van der Waals surface area contributed by atoms with E-state index in [2.05, 4.69) is 20.4 Å². The fraction of sp³-hybridized carbons (Fsp3) is 0.222. The van der Waals surface area contributed by atoms with Crippen LogP contribution in [0.4, 0.5) is 5.95 Å². The van der Waals surface area contributed by atoms with Crippen LogP contribution in [0.25, 0.3) is 5.82 Å². The molecule has 16 heavy (non-hydrogen) atoms. The fourth-order valence-electron chi connectivity index (χ4n) is 1.18. The van der Waals surface area contributed by atoms with E-state index < -0.39 is 0 Å². The molecule has 0 unspecified atom stereocenters. The molecule has 0 saturated carbocycles. The molecule has 2 rings (SSSR count). The number of aromatic nitrogens is 4. The monoisotopic (exact) mass is 257 g/mol. The van der Waals surface area contributed by atoms with E-state index in [9.17, 15) is 0 Å². The van der Waals surface area contributed by atoms with E-state index in [1.54, 1.807) is 6.20 Å². The van der Waals surface area contributed by atoms with Crippen molar-refractivity contribution in [3.8, 4) is 5.82 Å². The minimum Gasteiger partial charge on any atom is -0.354 e. The van der Waals surface area contributed by atoms with Gasteiger partial charge in [0.1, 0.15) is 5.02 Å². The number of halogens is 2. The zero-order chi connectivity index (χ0) is 11.5. The van der Waals surface area contributed by atoms with E-state index >= 15 is 0 Å². The highest BCUT2D eigenvalue weighted by Crippen LogP contribution is 2.19. The van der Waals surface area contributed by atoms with Gasteiger partial charge in [-0.3, -0.25) is 0 Å². The SMILES string of the molecule is CCNc1ncc(Cl)c(-n2cc(Cl)cn2)n1. The van der Waals surface area contributed by atoms with Gasteiger partial charge in [-0.15, -0.1) is 0 Å². The van der Waals surface area contributed by atoms with Crippen molar-refractivity contribution < 1.29 is 0 Å². The zero-order valence-electron chi connectivity index (χ0n) is 8.48. The van der Waals surface area contributed by atoms with Gasteiger partial charge in [-0.05, 0) is 6.92 Å². The number of nitrogens with zero attached hydrogens (tertiary/aromatic N) is 4.